The molecule has 0 unspecified atom stereocenters. The summed E-state index contributed by atoms with van der Waals surface area (Å²) in [5.74, 6) is -0.379. The minimum atomic E-state index is -0.379. The van der Waals surface area contributed by atoms with Crippen LogP contribution in [0.5, 0.6) is 0 Å². The highest BCUT2D eigenvalue weighted by atomic mass is 28.2. The molecule has 0 bridgehead atoms. The largest absolute Gasteiger partial charge is 0.366 e. The summed E-state index contributed by atoms with van der Waals surface area (Å²) < 4.78 is 0. The molecule has 1 aromatic carbocycles. The quantitative estimate of drug-likeness (QED) is 0.758. The van der Waals surface area contributed by atoms with Crippen LogP contribution in [-0.2, 0) is 0 Å². The maximum absolute atomic E-state index is 10.4. The molecule has 1 amide bonds. The van der Waals surface area contributed by atoms with Crippen LogP contribution in [-0.4, -0.2) is 15.4 Å². The Morgan fingerprint density at radius 2 is 1.71 bits per heavy atom. The highest BCUT2D eigenvalue weighted by Crippen LogP contribution is 1.94. The number of benzene rings is 1. The van der Waals surface area contributed by atoms with Gasteiger partial charge in [-0.2, -0.15) is 0 Å². The fourth-order valence-corrected chi connectivity index (χ4v) is 1.66. The molecular weight excluding hydrogens is 190 g/mol. The van der Waals surface area contributed by atoms with Gasteiger partial charge in [0.25, 0.3) is 0 Å². The van der Waals surface area contributed by atoms with Crippen molar-refractivity contribution >= 4 is 15.4 Å². The van der Waals surface area contributed by atoms with Crippen molar-refractivity contribution in [1.29, 1.82) is 0 Å². The smallest absolute Gasteiger partial charge is 0.248 e. The zero-order valence-electron chi connectivity index (χ0n) is 8.99. The molecular formula is C11H19NOSi. The first-order valence-electron chi connectivity index (χ1n) is 5.07. The third kappa shape index (κ3) is 6.43. The van der Waals surface area contributed by atoms with Gasteiger partial charge in [-0.1, -0.05) is 44.1 Å². The molecule has 1 aromatic rings. The Morgan fingerprint density at radius 3 is 1.93 bits per heavy atom. The van der Waals surface area contributed by atoms with E-state index >= 15 is 0 Å². The molecule has 14 heavy (non-hydrogen) atoms. The first-order chi connectivity index (χ1) is 6.72. The molecule has 3 heteroatoms. The minimum absolute atomic E-state index is 0.379. The average Bonchev–Trinajstić information content (AvgIpc) is 2.21. The first-order valence-corrected chi connectivity index (χ1v) is 7.07. The molecule has 0 aliphatic carbocycles. The molecule has 2 nitrogen and oxygen atoms in total. The number of hydrogen-bond acceptors (Lipinski definition) is 1. The third-order valence-corrected chi connectivity index (χ3v) is 3.18. The lowest BCUT2D eigenvalue weighted by Gasteiger charge is -1.89. The first kappa shape index (κ1) is 12.9. The molecule has 78 valence electrons. The fourth-order valence-electron chi connectivity index (χ4n) is 0.956. The lowest BCUT2D eigenvalue weighted by molar-refractivity contribution is 0.100. The zero-order chi connectivity index (χ0) is 10.8. The molecule has 0 aliphatic heterocycles. The van der Waals surface area contributed by atoms with E-state index in [9.17, 15) is 4.79 Å². The highest BCUT2D eigenvalue weighted by Gasteiger charge is 1.93. The molecule has 0 saturated carbocycles. The Kier molecular flexibility index (Phi) is 7.84. The van der Waals surface area contributed by atoms with Crippen LogP contribution in [0.1, 0.15) is 24.2 Å². The maximum atomic E-state index is 10.4. The lowest BCUT2D eigenvalue weighted by atomic mass is 10.2. The second-order valence-corrected chi connectivity index (χ2v) is 5.79. The molecule has 0 saturated heterocycles. The fraction of sp³-hybridized carbons (Fsp3) is 0.364. The summed E-state index contributed by atoms with van der Waals surface area (Å²) in [6.07, 6.45) is 0. The SMILES string of the molecule is CC[SiH2]CC.NC(=O)c1ccccc1. The molecule has 0 aromatic heterocycles. The third-order valence-electron chi connectivity index (χ3n) is 1.77. The zero-order valence-corrected chi connectivity index (χ0v) is 10.4. The molecule has 0 heterocycles. The summed E-state index contributed by atoms with van der Waals surface area (Å²) in [7, 11) is 0.432. The average molecular weight is 209 g/mol. The highest BCUT2D eigenvalue weighted by molar-refractivity contribution is 6.34. The van der Waals surface area contributed by atoms with E-state index in [1.807, 2.05) is 6.07 Å². The van der Waals surface area contributed by atoms with Gasteiger partial charge in [0.05, 0.1) is 0 Å². The predicted octanol–water partition coefficient (Wildman–Crippen LogP) is 1.82. The number of hydrogen-bond donors (Lipinski definition) is 1. The molecule has 2 N–H and O–H groups in total. The van der Waals surface area contributed by atoms with Crippen molar-refractivity contribution in [2.45, 2.75) is 25.9 Å². The topological polar surface area (TPSA) is 43.1 Å². The summed E-state index contributed by atoms with van der Waals surface area (Å²) >= 11 is 0. The van der Waals surface area contributed by atoms with E-state index in [-0.39, 0.29) is 5.91 Å². The Bertz CT molecular complexity index is 247. The van der Waals surface area contributed by atoms with E-state index in [0.717, 1.165) is 0 Å². The van der Waals surface area contributed by atoms with Gasteiger partial charge in [0, 0.05) is 15.1 Å². The van der Waals surface area contributed by atoms with Crippen molar-refractivity contribution in [3.63, 3.8) is 0 Å². The van der Waals surface area contributed by atoms with Gasteiger partial charge in [-0.15, -0.1) is 0 Å². The van der Waals surface area contributed by atoms with E-state index in [0.29, 0.717) is 15.1 Å². The summed E-state index contributed by atoms with van der Waals surface area (Å²) in [6.45, 7) is 4.55. The van der Waals surface area contributed by atoms with Crippen molar-refractivity contribution in [2.75, 3.05) is 0 Å². The Balaban J connectivity index is 0.000000292. The standard InChI is InChI=1S/C7H7NO.C4H12Si/c8-7(9)6-4-2-1-3-5-6;1-3-5-4-2/h1-5H,(H2,8,9);3-5H2,1-2H3. The number of carbonyl (C=O) groups excluding carboxylic acids is 1. The van der Waals surface area contributed by atoms with E-state index in [2.05, 4.69) is 13.8 Å². The van der Waals surface area contributed by atoms with E-state index in [4.69, 9.17) is 5.73 Å². The molecule has 0 atom stereocenters. The van der Waals surface area contributed by atoms with Crippen molar-refractivity contribution in [3.8, 4) is 0 Å². The predicted molar refractivity (Wildman–Crippen MR) is 64.5 cm³/mol. The van der Waals surface area contributed by atoms with Crippen LogP contribution in [0.4, 0.5) is 0 Å². The van der Waals surface area contributed by atoms with Crippen molar-refractivity contribution in [2.24, 2.45) is 5.73 Å². The molecule has 0 aliphatic rings. The lowest BCUT2D eigenvalue weighted by Crippen LogP contribution is -2.09. The van der Waals surface area contributed by atoms with Crippen molar-refractivity contribution in [3.05, 3.63) is 35.9 Å². The van der Waals surface area contributed by atoms with E-state index in [1.165, 1.54) is 12.1 Å². The maximum Gasteiger partial charge on any atom is 0.248 e. The normalized spacial score (nSPS) is 8.71. The van der Waals surface area contributed by atoms with Crippen LogP contribution in [0, 0.1) is 0 Å². The van der Waals surface area contributed by atoms with Crippen LogP contribution < -0.4 is 5.73 Å². The second-order valence-electron chi connectivity index (χ2n) is 3.08. The Hall–Kier alpha value is -1.09. The van der Waals surface area contributed by atoms with Crippen LogP contribution in [0.25, 0.3) is 0 Å². The monoisotopic (exact) mass is 209 g/mol. The van der Waals surface area contributed by atoms with Crippen LogP contribution in [0.15, 0.2) is 30.3 Å². The number of nitrogens with two attached hydrogens (primary N) is 1. The van der Waals surface area contributed by atoms with Gasteiger partial charge in [-0.25, -0.2) is 0 Å². The number of rotatable bonds is 3. The molecule has 0 fully saturated rings. The van der Waals surface area contributed by atoms with Gasteiger partial charge >= 0.3 is 0 Å². The van der Waals surface area contributed by atoms with Crippen molar-refractivity contribution < 1.29 is 4.79 Å². The Morgan fingerprint density at radius 1 is 1.21 bits per heavy atom. The summed E-state index contributed by atoms with van der Waals surface area (Å²) in [5, 5.41) is 0. The number of primary amides is 1. The van der Waals surface area contributed by atoms with Gasteiger partial charge < -0.3 is 5.73 Å². The molecule has 0 radical (unpaired) electrons. The van der Waals surface area contributed by atoms with Crippen LogP contribution >= 0.6 is 0 Å². The van der Waals surface area contributed by atoms with E-state index in [1.54, 1.807) is 24.3 Å². The minimum Gasteiger partial charge on any atom is -0.366 e. The van der Waals surface area contributed by atoms with Gasteiger partial charge in [-0.05, 0) is 12.1 Å². The Labute approximate surface area is 88.3 Å². The molecule has 1 rings (SSSR count). The number of carbonyl (C=O) groups is 1. The van der Waals surface area contributed by atoms with Gasteiger partial charge in [-0.3, -0.25) is 4.79 Å². The molecule has 0 spiro atoms. The summed E-state index contributed by atoms with van der Waals surface area (Å²) in [5.41, 5.74) is 5.53. The summed E-state index contributed by atoms with van der Waals surface area (Å²) in [4.78, 5) is 10.4. The number of amides is 1. The van der Waals surface area contributed by atoms with Crippen LogP contribution in [0.3, 0.4) is 0 Å². The summed E-state index contributed by atoms with van der Waals surface area (Å²) in [6, 6.07) is 11.7. The van der Waals surface area contributed by atoms with Gasteiger partial charge in [0.2, 0.25) is 5.91 Å². The second kappa shape index (κ2) is 8.50. The van der Waals surface area contributed by atoms with Crippen molar-refractivity contribution in [1.82, 2.24) is 0 Å². The van der Waals surface area contributed by atoms with Crippen LogP contribution in [0.2, 0.25) is 12.1 Å². The van der Waals surface area contributed by atoms with Gasteiger partial charge in [0.1, 0.15) is 0 Å². The van der Waals surface area contributed by atoms with Gasteiger partial charge in [0.15, 0.2) is 0 Å². The van der Waals surface area contributed by atoms with E-state index < -0.39 is 0 Å².